The summed E-state index contributed by atoms with van der Waals surface area (Å²) in [5.41, 5.74) is 0. The lowest BCUT2D eigenvalue weighted by Gasteiger charge is -2.29. The summed E-state index contributed by atoms with van der Waals surface area (Å²) in [6.45, 7) is 1.39. The summed E-state index contributed by atoms with van der Waals surface area (Å²) in [7, 11) is 1.29. The number of esters is 1. The summed E-state index contributed by atoms with van der Waals surface area (Å²) in [5.74, 6) is -0.672. The molecule has 0 unspecified atom stereocenters. The fourth-order valence-corrected chi connectivity index (χ4v) is 2.37. The molecule has 0 spiro atoms. The number of ether oxygens (including phenoxy) is 1. The highest BCUT2D eigenvalue weighted by Gasteiger charge is 2.30. The molecule has 0 saturated carbocycles. The van der Waals surface area contributed by atoms with Crippen LogP contribution in [0.3, 0.4) is 0 Å². The van der Waals surface area contributed by atoms with Gasteiger partial charge in [0.05, 0.1) is 7.11 Å². The Labute approximate surface area is 91.2 Å². The van der Waals surface area contributed by atoms with E-state index in [4.69, 9.17) is 0 Å². The van der Waals surface area contributed by atoms with Crippen molar-refractivity contribution in [2.45, 2.75) is 6.42 Å². The number of nitrogens with zero attached hydrogens (tertiary/aromatic N) is 2. The molecule has 0 aliphatic carbocycles. The Balaban J connectivity index is 2.26. The van der Waals surface area contributed by atoms with Gasteiger partial charge in [-0.15, -0.1) is 0 Å². The minimum atomic E-state index is -0.485. The van der Waals surface area contributed by atoms with Crippen LogP contribution in [0.5, 0.6) is 0 Å². The SMILES string of the molecule is COC(=O)C1=CC(=O)N2CCCN=C2S1. The molecule has 15 heavy (non-hydrogen) atoms. The van der Waals surface area contributed by atoms with E-state index in [0.717, 1.165) is 6.42 Å². The molecule has 0 N–H and O–H groups in total. The average Bonchev–Trinajstić information content (AvgIpc) is 2.28. The first kappa shape index (κ1) is 10.2. The van der Waals surface area contributed by atoms with Gasteiger partial charge < -0.3 is 4.74 Å². The molecular formula is C9H10N2O3S. The number of amides is 1. The molecular weight excluding hydrogens is 216 g/mol. The molecule has 2 heterocycles. The number of carbonyl (C=O) groups is 2. The Hall–Kier alpha value is -1.30. The van der Waals surface area contributed by atoms with Gasteiger partial charge in [0.15, 0.2) is 5.17 Å². The molecule has 0 radical (unpaired) electrons. The molecule has 0 aromatic rings. The number of carbonyl (C=O) groups excluding carboxylic acids is 2. The van der Waals surface area contributed by atoms with Crippen LogP contribution in [0.4, 0.5) is 0 Å². The van der Waals surface area contributed by atoms with Crippen molar-refractivity contribution in [3.63, 3.8) is 0 Å². The molecule has 0 saturated heterocycles. The van der Waals surface area contributed by atoms with Gasteiger partial charge in [0, 0.05) is 19.2 Å². The van der Waals surface area contributed by atoms with Crippen molar-refractivity contribution >= 4 is 28.8 Å². The first-order chi connectivity index (χ1) is 7.22. The Bertz CT molecular complexity index is 376. The van der Waals surface area contributed by atoms with Gasteiger partial charge in [-0.3, -0.25) is 14.7 Å². The van der Waals surface area contributed by atoms with Gasteiger partial charge in [-0.05, 0) is 18.2 Å². The van der Waals surface area contributed by atoms with Crippen LogP contribution >= 0.6 is 11.8 Å². The molecule has 0 bridgehead atoms. The van der Waals surface area contributed by atoms with Crippen molar-refractivity contribution in [3.05, 3.63) is 11.0 Å². The summed E-state index contributed by atoms with van der Waals surface area (Å²) in [4.78, 5) is 29.0. The van der Waals surface area contributed by atoms with E-state index >= 15 is 0 Å². The lowest BCUT2D eigenvalue weighted by molar-refractivity contribution is -0.135. The van der Waals surface area contributed by atoms with Gasteiger partial charge in [-0.25, -0.2) is 4.79 Å². The molecule has 5 nitrogen and oxygen atoms in total. The highest BCUT2D eigenvalue weighted by molar-refractivity contribution is 8.18. The number of hydrogen-bond acceptors (Lipinski definition) is 5. The highest BCUT2D eigenvalue weighted by Crippen LogP contribution is 2.28. The highest BCUT2D eigenvalue weighted by atomic mass is 32.2. The third-order valence-corrected chi connectivity index (χ3v) is 3.16. The quantitative estimate of drug-likeness (QED) is 0.606. The molecule has 0 fully saturated rings. The van der Waals surface area contributed by atoms with Crippen LogP contribution in [-0.4, -0.2) is 42.1 Å². The Morgan fingerprint density at radius 1 is 1.67 bits per heavy atom. The molecule has 2 aliphatic heterocycles. The van der Waals surface area contributed by atoms with E-state index in [2.05, 4.69) is 9.73 Å². The Morgan fingerprint density at radius 2 is 2.47 bits per heavy atom. The van der Waals surface area contributed by atoms with Crippen molar-refractivity contribution < 1.29 is 14.3 Å². The van der Waals surface area contributed by atoms with Crippen LogP contribution in [0.1, 0.15) is 6.42 Å². The van der Waals surface area contributed by atoms with E-state index in [9.17, 15) is 9.59 Å². The zero-order valence-electron chi connectivity index (χ0n) is 8.23. The number of rotatable bonds is 1. The van der Waals surface area contributed by atoms with Crippen LogP contribution in [0.15, 0.2) is 16.0 Å². The summed E-state index contributed by atoms with van der Waals surface area (Å²) < 4.78 is 4.56. The van der Waals surface area contributed by atoms with Gasteiger partial charge in [0.2, 0.25) is 0 Å². The van der Waals surface area contributed by atoms with Gasteiger partial charge in [-0.2, -0.15) is 0 Å². The number of thioether (sulfide) groups is 1. The number of methoxy groups -OCH3 is 1. The third-order valence-electron chi connectivity index (χ3n) is 2.13. The normalized spacial score (nSPS) is 20.3. The second-order valence-electron chi connectivity index (χ2n) is 3.11. The van der Waals surface area contributed by atoms with Gasteiger partial charge >= 0.3 is 5.97 Å². The van der Waals surface area contributed by atoms with E-state index in [1.807, 2.05) is 0 Å². The maximum absolute atomic E-state index is 11.6. The van der Waals surface area contributed by atoms with Crippen LogP contribution in [0, 0.1) is 0 Å². The molecule has 0 aromatic carbocycles. The maximum atomic E-state index is 11.6. The van der Waals surface area contributed by atoms with Crippen molar-refractivity contribution in [3.8, 4) is 0 Å². The fourth-order valence-electron chi connectivity index (χ4n) is 1.40. The zero-order valence-corrected chi connectivity index (χ0v) is 9.04. The molecule has 6 heteroatoms. The Kier molecular flexibility index (Phi) is 2.77. The van der Waals surface area contributed by atoms with E-state index in [-0.39, 0.29) is 5.91 Å². The van der Waals surface area contributed by atoms with Crippen LogP contribution < -0.4 is 0 Å². The van der Waals surface area contributed by atoms with Crippen molar-refractivity contribution in [1.82, 2.24) is 4.90 Å². The standard InChI is InChI=1S/C9H10N2O3S/c1-14-8(13)6-5-7(12)11-4-2-3-10-9(11)15-6/h5H,2-4H2,1H3. The van der Waals surface area contributed by atoms with E-state index in [1.54, 1.807) is 4.90 Å². The van der Waals surface area contributed by atoms with E-state index in [0.29, 0.717) is 23.2 Å². The molecule has 80 valence electrons. The first-order valence-corrected chi connectivity index (χ1v) is 5.38. The third kappa shape index (κ3) is 1.90. The second-order valence-corrected chi connectivity index (χ2v) is 4.12. The van der Waals surface area contributed by atoms with Crippen molar-refractivity contribution in [1.29, 1.82) is 0 Å². The molecule has 0 atom stereocenters. The topological polar surface area (TPSA) is 59.0 Å². The lowest BCUT2D eigenvalue weighted by Crippen LogP contribution is -2.40. The molecule has 2 aliphatic rings. The van der Waals surface area contributed by atoms with Gasteiger partial charge in [0.1, 0.15) is 4.91 Å². The van der Waals surface area contributed by atoms with Crippen LogP contribution in [-0.2, 0) is 14.3 Å². The predicted octanol–water partition coefficient (Wildman–Crippen LogP) is 0.378. The summed E-state index contributed by atoms with van der Waals surface area (Å²) in [6.07, 6.45) is 2.18. The predicted molar refractivity (Wildman–Crippen MR) is 56.3 cm³/mol. The maximum Gasteiger partial charge on any atom is 0.345 e. The minimum Gasteiger partial charge on any atom is -0.465 e. The van der Waals surface area contributed by atoms with E-state index in [1.165, 1.54) is 24.9 Å². The molecule has 2 rings (SSSR count). The zero-order chi connectivity index (χ0) is 10.8. The molecule has 1 amide bonds. The summed E-state index contributed by atoms with van der Waals surface area (Å²) in [5, 5.41) is 0.606. The summed E-state index contributed by atoms with van der Waals surface area (Å²) in [6, 6.07) is 0. The van der Waals surface area contributed by atoms with E-state index < -0.39 is 5.97 Å². The van der Waals surface area contributed by atoms with Crippen LogP contribution in [0.25, 0.3) is 0 Å². The van der Waals surface area contributed by atoms with Crippen molar-refractivity contribution in [2.75, 3.05) is 20.2 Å². The molecule has 0 aromatic heterocycles. The number of fused-ring (bicyclic) bond motifs is 1. The summed E-state index contributed by atoms with van der Waals surface area (Å²) >= 11 is 1.19. The minimum absolute atomic E-state index is 0.187. The fraction of sp³-hybridized carbons (Fsp3) is 0.444. The average molecular weight is 226 g/mol. The van der Waals surface area contributed by atoms with Crippen molar-refractivity contribution in [2.24, 2.45) is 4.99 Å². The van der Waals surface area contributed by atoms with Gasteiger partial charge in [-0.1, -0.05) is 0 Å². The number of hydrogen-bond donors (Lipinski definition) is 0. The number of aliphatic imine (C=N–C) groups is 1. The monoisotopic (exact) mass is 226 g/mol. The van der Waals surface area contributed by atoms with Gasteiger partial charge in [0.25, 0.3) is 5.91 Å². The van der Waals surface area contributed by atoms with Crippen LogP contribution in [0.2, 0.25) is 0 Å². The second kappa shape index (κ2) is 4.06. The number of amidine groups is 1. The lowest BCUT2D eigenvalue weighted by atomic mass is 10.3. The Morgan fingerprint density at radius 3 is 3.20 bits per heavy atom. The first-order valence-electron chi connectivity index (χ1n) is 4.56. The smallest absolute Gasteiger partial charge is 0.345 e. The largest absolute Gasteiger partial charge is 0.465 e.